The Morgan fingerprint density at radius 3 is 1.10 bits per heavy atom. The maximum atomic E-state index is 13.7. The second-order valence-corrected chi connectivity index (χ2v) is 35.6. The minimum atomic E-state index is -2.34. The summed E-state index contributed by atoms with van der Waals surface area (Å²) in [5, 5.41) is 233. The zero-order valence-corrected chi connectivity index (χ0v) is 75.4. The van der Waals surface area contributed by atoms with Gasteiger partial charge in [0, 0.05) is 20.3 Å². The zero-order valence-electron chi connectivity index (χ0n) is 75.4. The summed E-state index contributed by atoms with van der Waals surface area (Å²) in [4.78, 5) is 39.9. The third-order valence-electron chi connectivity index (χ3n) is 25.3. The van der Waals surface area contributed by atoms with Crippen LogP contribution >= 0.6 is 0 Å². The van der Waals surface area contributed by atoms with Crippen molar-refractivity contribution in [3.63, 3.8) is 0 Å². The Hall–Kier alpha value is -3.21. The summed E-state index contributed by atoms with van der Waals surface area (Å²) in [6, 6.07) is -4.86. The number of amides is 3. The van der Waals surface area contributed by atoms with Gasteiger partial charge in [-0.1, -0.05) is 219 Å². The second-order valence-electron chi connectivity index (χ2n) is 35.6. The van der Waals surface area contributed by atoms with Crippen molar-refractivity contribution in [2.24, 2.45) is 0 Å². The highest BCUT2D eigenvalue weighted by atomic mass is 16.8. The number of carbonyl (C=O) groups excluding carboxylic acids is 3. The Bertz CT molecular complexity index is 3020. The number of allylic oxidation sites excluding steroid dienone is 1. The Kier molecular flexibility index (Phi) is 52.2. The van der Waals surface area contributed by atoms with E-state index >= 15 is 0 Å². The number of aliphatic hydroxyl groups is 20. The van der Waals surface area contributed by atoms with E-state index in [4.69, 9.17) is 66.3 Å². The van der Waals surface area contributed by atoms with Crippen LogP contribution in [0.4, 0.5) is 0 Å². The van der Waals surface area contributed by atoms with E-state index in [2.05, 4.69) is 29.8 Å². The van der Waals surface area contributed by atoms with E-state index in [-0.39, 0.29) is 12.3 Å². The molecule has 14 unspecified atom stereocenters. The van der Waals surface area contributed by atoms with Crippen molar-refractivity contribution >= 4 is 17.7 Å². The lowest BCUT2D eigenvalue weighted by Crippen LogP contribution is -2.71. The molecule has 7 aliphatic heterocycles. The summed E-state index contributed by atoms with van der Waals surface area (Å²) >= 11 is 0. The topological polar surface area (TPSA) is 621 Å². The van der Waals surface area contributed by atoms with E-state index in [1.165, 1.54) is 155 Å². The molecular weight excluding hydrogens is 1690 g/mol. The van der Waals surface area contributed by atoms with Gasteiger partial charge in [-0.3, -0.25) is 14.4 Å². The Morgan fingerprint density at radius 1 is 0.320 bits per heavy atom. The van der Waals surface area contributed by atoms with Gasteiger partial charge in [0.05, 0.1) is 64.5 Å². The summed E-state index contributed by atoms with van der Waals surface area (Å²) in [5.41, 5.74) is 0. The Morgan fingerprint density at radius 2 is 0.648 bits per heavy atom. The molecule has 7 saturated heterocycles. The molecule has 748 valence electrons. The number of ether oxygens (including phenoxy) is 14. The van der Waals surface area contributed by atoms with E-state index in [0.29, 0.717) is 12.8 Å². The van der Waals surface area contributed by atoms with E-state index in [1.807, 2.05) is 6.08 Å². The van der Waals surface area contributed by atoms with Crippen LogP contribution in [0.1, 0.15) is 253 Å². The molecule has 7 rings (SSSR count). The molecule has 0 aromatic rings. The molecule has 7 fully saturated rings. The van der Waals surface area contributed by atoms with Crippen LogP contribution < -0.4 is 16.0 Å². The molecular formula is C88H159N3O37. The summed E-state index contributed by atoms with van der Waals surface area (Å²) < 4.78 is 83.5. The van der Waals surface area contributed by atoms with Gasteiger partial charge in [0.1, 0.15) is 165 Å². The number of rotatable bonds is 60. The van der Waals surface area contributed by atoms with Crippen LogP contribution in [0.3, 0.4) is 0 Å². The first kappa shape index (κ1) is 112. The Labute approximate surface area is 751 Å². The van der Waals surface area contributed by atoms with Crippen LogP contribution in [0.25, 0.3) is 0 Å². The standard InChI is InChI=1S/C88H159N3O37/c1-6-8-10-12-14-16-18-20-21-22-23-24-25-26-27-29-31-33-35-37-39-41-60(101)91-52(53(100)40-38-36-34-32-30-28-19-17-15-13-11-9-7-2)48-115-84-73(112)71(110)77(59(47-97)122-84)123-86-74(113)80(67(106)56(44-94)118-86)127-83-62(90-51(5)99)78(65(104)55(43-93)117-83)125-87-75(114)79(66(105)57(45-95)119-87)126-82-61(89-50(4)98)68(107)76(58(46-96)121-82)124-88-81(70(109)64(103)54(42-92)120-88)128-85-72(111)69(108)63(102)49(3)116-85/h38,40,49,52-59,61-88,92-97,100,102-114H,6-37,39,41-48H2,1-5H3,(H,89,98)(H,90,99)(H,91,101)/b40-38+/t49?,52-,53+,54?,55?,56?,57?,58?,59?,61?,62?,63+,64-,65+,66-,67-,68+,69?,70-,71+,72-,73?,74?,75?,76+,77+,78+,79-,80-,81?,82-,83-,84+,85+,86-,87-,88-/m0/s1. The average molecular weight is 1850 g/mol. The fraction of sp³-hybridized carbons (Fsp3) is 0.943. The molecule has 40 nitrogen and oxygen atoms in total. The van der Waals surface area contributed by atoms with Crippen molar-refractivity contribution in [1.29, 1.82) is 0 Å². The number of hydrogen-bond donors (Lipinski definition) is 23. The van der Waals surface area contributed by atoms with Crippen LogP contribution in [-0.4, -0.2) is 393 Å². The highest BCUT2D eigenvalue weighted by Gasteiger charge is 2.60. The lowest BCUT2D eigenvalue weighted by Gasteiger charge is -2.51. The van der Waals surface area contributed by atoms with Gasteiger partial charge >= 0.3 is 0 Å². The van der Waals surface area contributed by atoms with Crippen molar-refractivity contribution in [2.75, 3.05) is 46.2 Å². The average Bonchev–Trinajstić information content (AvgIpc) is 0.737. The van der Waals surface area contributed by atoms with Crippen molar-refractivity contribution in [3.8, 4) is 0 Å². The normalized spacial score (nSPS) is 37.7. The Balaban J connectivity index is 0.986. The molecule has 0 saturated carbocycles. The maximum Gasteiger partial charge on any atom is 0.220 e. The quantitative estimate of drug-likeness (QED) is 0.0250. The zero-order chi connectivity index (χ0) is 93.5. The number of hydrogen-bond acceptors (Lipinski definition) is 37. The summed E-state index contributed by atoms with van der Waals surface area (Å²) in [5.74, 6) is -2.16. The van der Waals surface area contributed by atoms with Crippen molar-refractivity contribution in [1.82, 2.24) is 16.0 Å². The summed E-state index contributed by atoms with van der Waals surface area (Å²) in [6.07, 6.45) is -23.0. The van der Waals surface area contributed by atoms with Gasteiger partial charge in [-0.25, -0.2) is 0 Å². The molecule has 0 bridgehead atoms. The predicted octanol–water partition coefficient (Wildman–Crippen LogP) is -1.23. The molecule has 7 aliphatic rings. The molecule has 128 heavy (non-hydrogen) atoms. The van der Waals surface area contributed by atoms with Gasteiger partial charge in [0.2, 0.25) is 17.7 Å². The van der Waals surface area contributed by atoms with Crippen LogP contribution in [-0.2, 0) is 80.7 Å². The van der Waals surface area contributed by atoms with Crippen molar-refractivity contribution < 1.29 is 183 Å². The maximum absolute atomic E-state index is 13.7. The smallest absolute Gasteiger partial charge is 0.220 e. The van der Waals surface area contributed by atoms with E-state index in [0.717, 1.165) is 65.2 Å². The van der Waals surface area contributed by atoms with Crippen molar-refractivity contribution in [3.05, 3.63) is 12.2 Å². The largest absolute Gasteiger partial charge is 0.394 e. The van der Waals surface area contributed by atoms with E-state index < -0.39 is 285 Å². The summed E-state index contributed by atoms with van der Waals surface area (Å²) in [7, 11) is 0. The molecule has 37 atom stereocenters. The second kappa shape index (κ2) is 59.7. The molecule has 23 N–H and O–H groups in total. The van der Waals surface area contributed by atoms with Crippen LogP contribution in [0.2, 0.25) is 0 Å². The lowest BCUT2D eigenvalue weighted by molar-refractivity contribution is -0.392. The van der Waals surface area contributed by atoms with E-state index in [9.17, 15) is 117 Å². The van der Waals surface area contributed by atoms with E-state index in [1.54, 1.807) is 6.08 Å². The molecule has 40 heteroatoms. The van der Waals surface area contributed by atoms with Gasteiger partial charge in [-0.2, -0.15) is 0 Å². The number of nitrogens with one attached hydrogen (secondary N) is 3. The highest BCUT2D eigenvalue weighted by Crippen LogP contribution is 2.39. The minimum Gasteiger partial charge on any atom is -0.394 e. The van der Waals surface area contributed by atoms with Gasteiger partial charge in [0.25, 0.3) is 0 Å². The van der Waals surface area contributed by atoms with Gasteiger partial charge in [0.15, 0.2) is 44.0 Å². The SMILES string of the molecule is CCCCCCCCCCCCC/C=C/[C@@H](O)[C@H](CO[C@@H]1OC(CO)[C@@H](O[C@@H]2OC(CO)[C@H](O)[C@H](O[C@@H]3OC(CO)[C@@H](O)[C@H](O[C@@H]4OC(CO)[C@H](O)[C@H](O[C@@H]5OC(CO)[C@@H](O[C@@H]6OC(CO)[C@H](O)[C@H](O)C6O[C@H]6OC(C)[C@@H](O)C(O)[C@@H]6O)[C@H](O)C5NC(C)=O)C4O)C3NC(C)=O)C2O)[C@H](O)C1O)NC(=O)CCCCCCCCCCCCCCCCCCCCCCC. The molecule has 0 aromatic heterocycles. The first-order valence-corrected chi connectivity index (χ1v) is 47.3. The van der Waals surface area contributed by atoms with Gasteiger partial charge in [-0.05, 0) is 26.2 Å². The fourth-order valence-corrected chi connectivity index (χ4v) is 17.6. The number of unbranched alkanes of at least 4 members (excludes halogenated alkanes) is 31. The third kappa shape index (κ3) is 33.9. The lowest BCUT2D eigenvalue weighted by atomic mass is 9.93. The predicted molar refractivity (Wildman–Crippen MR) is 453 cm³/mol. The van der Waals surface area contributed by atoms with Gasteiger partial charge in [-0.15, -0.1) is 0 Å². The van der Waals surface area contributed by atoms with Gasteiger partial charge < -0.3 is 184 Å². The van der Waals surface area contributed by atoms with Crippen LogP contribution in [0.15, 0.2) is 12.2 Å². The summed E-state index contributed by atoms with van der Waals surface area (Å²) in [6.45, 7) is 1.03. The monoisotopic (exact) mass is 1850 g/mol. The first-order chi connectivity index (χ1) is 61.5. The van der Waals surface area contributed by atoms with Crippen LogP contribution in [0.5, 0.6) is 0 Å². The number of aliphatic hydroxyl groups excluding tert-OH is 20. The first-order valence-electron chi connectivity index (χ1n) is 47.3. The molecule has 3 amide bonds. The minimum absolute atomic E-state index is 0.162. The fourth-order valence-electron chi connectivity index (χ4n) is 17.6. The van der Waals surface area contributed by atoms with Crippen molar-refractivity contribution in [2.45, 2.75) is 480 Å². The molecule has 0 aromatic carbocycles. The third-order valence-corrected chi connectivity index (χ3v) is 25.3. The highest BCUT2D eigenvalue weighted by molar-refractivity contribution is 5.76. The molecule has 7 heterocycles. The van der Waals surface area contributed by atoms with Crippen LogP contribution in [0, 0.1) is 0 Å². The number of carbonyl (C=O) groups is 3. The molecule has 0 aliphatic carbocycles. The molecule has 0 radical (unpaired) electrons. The molecule has 0 spiro atoms.